The first-order valence-electron chi connectivity index (χ1n) is 6.49. The molecule has 3 N–H and O–H groups in total. The third-order valence-corrected chi connectivity index (χ3v) is 4.22. The molecule has 1 amide bonds. The highest BCUT2D eigenvalue weighted by Crippen LogP contribution is 2.29. The van der Waals surface area contributed by atoms with Crippen molar-refractivity contribution in [1.29, 1.82) is 0 Å². The topological polar surface area (TPSA) is 64.3 Å². The molecule has 112 valence electrons. The minimum Gasteiger partial charge on any atom is -0.496 e. The molecule has 1 aliphatic rings. The summed E-state index contributed by atoms with van der Waals surface area (Å²) in [4.78, 5) is 12.0. The Balaban J connectivity index is 0.00000200. The highest BCUT2D eigenvalue weighted by molar-refractivity contribution is 9.10. The predicted molar refractivity (Wildman–Crippen MR) is 86.5 cm³/mol. The molecule has 2 atom stereocenters. The summed E-state index contributed by atoms with van der Waals surface area (Å²) >= 11 is 3.40. The minimum absolute atomic E-state index is 0. The summed E-state index contributed by atoms with van der Waals surface area (Å²) in [5, 5.41) is 2.90. The molecular formula is C14H20BrClN2O2. The van der Waals surface area contributed by atoms with Crippen molar-refractivity contribution in [2.24, 2.45) is 11.7 Å². The van der Waals surface area contributed by atoms with Crippen LogP contribution in [0.5, 0.6) is 5.75 Å². The summed E-state index contributed by atoms with van der Waals surface area (Å²) in [6.07, 6.45) is 3.73. The average Bonchev–Trinajstić information content (AvgIpc) is 2.75. The van der Waals surface area contributed by atoms with Gasteiger partial charge in [0.15, 0.2) is 0 Å². The van der Waals surface area contributed by atoms with E-state index in [1.807, 2.05) is 18.2 Å². The zero-order valence-corrected chi connectivity index (χ0v) is 13.8. The van der Waals surface area contributed by atoms with E-state index in [2.05, 4.69) is 21.2 Å². The van der Waals surface area contributed by atoms with Gasteiger partial charge in [-0.3, -0.25) is 4.79 Å². The lowest BCUT2D eigenvalue weighted by Gasteiger charge is -2.15. The zero-order chi connectivity index (χ0) is 13.8. The summed E-state index contributed by atoms with van der Waals surface area (Å²) in [6.45, 7) is 0. The number of nitrogens with one attached hydrogen (secondary N) is 1. The van der Waals surface area contributed by atoms with Gasteiger partial charge in [0, 0.05) is 18.2 Å². The number of methoxy groups -OCH3 is 1. The maximum absolute atomic E-state index is 12.0. The van der Waals surface area contributed by atoms with Crippen LogP contribution in [0, 0.1) is 5.92 Å². The molecule has 0 aromatic heterocycles. The van der Waals surface area contributed by atoms with Crippen LogP contribution in [0.3, 0.4) is 0 Å². The molecule has 4 nitrogen and oxygen atoms in total. The molecule has 0 aliphatic heterocycles. The molecule has 2 rings (SSSR count). The van der Waals surface area contributed by atoms with E-state index < -0.39 is 0 Å². The number of rotatable bonds is 4. The van der Waals surface area contributed by atoms with E-state index in [4.69, 9.17) is 10.5 Å². The third kappa shape index (κ3) is 4.36. The molecule has 20 heavy (non-hydrogen) atoms. The van der Waals surface area contributed by atoms with E-state index in [9.17, 15) is 4.79 Å². The van der Waals surface area contributed by atoms with Crippen LogP contribution in [0.4, 0.5) is 5.69 Å². The fourth-order valence-electron chi connectivity index (χ4n) is 2.51. The van der Waals surface area contributed by atoms with E-state index in [1.165, 1.54) is 0 Å². The van der Waals surface area contributed by atoms with Crippen molar-refractivity contribution in [3.05, 3.63) is 22.7 Å². The zero-order valence-electron chi connectivity index (χ0n) is 11.4. The second kappa shape index (κ2) is 7.86. The van der Waals surface area contributed by atoms with Crippen molar-refractivity contribution in [3.8, 4) is 5.75 Å². The maximum Gasteiger partial charge on any atom is 0.224 e. The van der Waals surface area contributed by atoms with Crippen LogP contribution in [0.15, 0.2) is 22.7 Å². The van der Waals surface area contributed by atoms with Gasteiger partial charge in [0.2, 0.25) is 5.91 Å². The average molecular weight is 364 g/mol. The van der Waals surface area contributed by atoms with Crippen LogP contribution in [-0.4, -0.2) is 19.1 Å². The summed E-state index contributed by atoms with van der Waals surface area (Å²) < 4.78 is 5.97. The van der Waals surface area contributed by atoms with Gasteiger partial charge in [-0.25, -0.2) is 0 Å². The minimum atomic E-state index is 0. The molecule has 0 saturated heterocycles. The monoisotopic (exact) mass is 362 g/mol. The van der Waals surface area contributed by atoms with Crippen LogP contribution >= 0.6 is 28.3 Å². The summed E-state index contributed by atoms with van der Waals surface area (Å²) in [6, 6.07) is 5.66. The SMILES string of the molecule is COc1ccc(NC(=O)C[C@@H]2CCC[C@H]2N)cc1Br.Cl. The Hall–Kier alpha value is -0.780. The van der Waals surface area contributed by atoms with Gasteiger partial charge in [-0.15, -0.1) is 12.4 Å². The van der Waals surface area contributed by atoms with E-state index in [0.717, 1.165) is 35.2 Å². The van der Waals surface area contributed by atoms with Crippen molar-refractivity contribution in [3.63, 3.8) is 0 Å². The Morgan fingerprint density at radius 3 is 2.80 bits per heavy atom. The van der Waals surface area contributed by atoms with Gasteiger partial charge >= 0.3 is 0 Å². The van der Waals surface area contributed by atoms with Crippen molar-refractivity contribution < 1.29 is 9.53 Å². The Bertz CT molecular complexity index is 470. The Kier molecular flexibility index (Phi) is 6.79. The number of hydrogen-bond donors (Lipinski definition) is 2. The molecule has 0 spiro atoms. The smallest absolute Gasteiger partial charge is 0.224 e. The third-order valence-electron chi connectivity index (χ3n) is 3.60. The largest absolute Gasteiger partial charge is 0.496 e. The van der Waals surface area contributed by atoms with Gasteiger partial charge in [0.05, 0.1) is 11.6 Å². The number of ether oxygens (including phenoxy) is 1. The molecule has 1 aromatic rings. The lowest BCUT2D eigenvalue weighted by molar-refractivity contribution is -0.117. The second-order valence-electron chi connectivity index (χ2n) is 4.96. The Labute approximate surface area is 134 Å². The fourth-order valence-corrected chi connectivity index (χ4v) is 3.05. The van der Waals surface area contributed by atoms with Gasteiger partial charge in [-0.05, 0) is 52.9 Å². The molecule has 1 aliphatic carbocycles. The molecule has 0 bridgehead atoms. The van der Waals surface area contributed by atoms with E-state index >= 15 is 0 Å². The van der Waals surface area contributed by atoms with Gasteiger partial charge in [-0.1, -0.05) is 6.42 Å². The summed E-state index contributed by atoms with van der Waals surface area (Å²) in [5.41, 5.74) is 6.75. The van der Waals surface area contributed by atoms with Crippen LogP contribution in [0.2, 0.25) is 0 Å². The highest BCUT2D eigenvalue weighted by Gasteiger charge is 2.26. The van der Waals surface area contributed by atoms with Crippen LogP contribution in [-0.2, 0) is 4.79 Å². The fraction of sp³-hybridized carbons (Fsp3) is 0.500. The molecule has 0 heterocycles. The molecular weight excluding hydrogens is 344 g/mol. The first-order valence-corrected chi connectivity index (χ1v) is 7.28. The van der Waals surface area contributed by atoms with Gasteiger partial charge in [0.25, 0.3) is 0 Å². The number of carbonyl (C=O) groups excluding carboxylic acids is 1. The number of carbonyl (C=O) groups is 1. The highest BCUT2D eigenvalue weighted by atomic mass is 79.9. The van der Waals surface area contributed by atoms with Gasteiger partial charge < -0.3 is 15.8 Å². The van der Waals surface area contributed by atoms with E-state index in [0.29, 0.717) is 12.3 Å². The molecule has 1 fully saturated rings. The van der Waals surface area contributed by atoms with E-state index in [1.54, 1.807) is 7.11 Å². The maximum atomic E-state index is 12.0. The predicted octanol–water partition coefficient (Wildman–Crippen LogP) is 3.34. The number of anilines is 1. The van der Waals surface area contributed by atoms with Gasteiger partial charge in [0.1, 0.15) is 5.75 Å². The van der Waals surface area contributed by atoms with Crippen LogP contribution in [0.25, 0.3) is 0 Å². The molecule has 6 heteroatoms. The van der Waals surface area contributed by atoms with Crippen LogP contribution < -0.4 is 15.8 Å². The number of nitrogens with two attached hydrogens (primary N) is 1. The Morgan fingerprint density at radius 1 is 1.50 bits per heavy atom. The van der Waals surface area contributed by atoms with Crippen LogP contribution in [0.1, 0.15) is 25.7 Å². The second-order valence-corrected chi connectivity index (χ2v) is 5.81. The van der Waals surface area contributed by atoms with Gasteiger partial charge in [-0.2, -0.15) is 0 Å². The lowest BCUT2D eigenvalue weighted by Crippen LogP contribution is -2.28. The normalized spacial score (nSPS) is 21.1. The molecule has 0 unspecified atom stereocenters. The standard InChI is InChI=1S/C14H19BrN2O2.ClH/c1-19-13-6-5-10(8-11(13)15)17-14(18)7-9-3-2-4-12(9)16;/h5-6,8-9,12H,2-4,7,16H2,1H3,(H,17,18);1H/t9-,12+;/m0./s1. The van der Waals surface area contributed by atoms with Crippen molar-refractivity contribution in [2.45, 2.75) is 31.7 Å². The van der Waals surface area contributed by atoms with Crippen molar-refractivity contribution in [2.75, 3.05) is 12.4 Å². The molecule has 1 saturated carbocycles. The lowest BCUT2D eigenvalue weighted by atomic mass is 10.00. The molecule has 0 radical (unpaired) electrons. The van der Waals surface area contributed by atoms with Crippen molar-refractivity contribution >= 4 is 39.9 Å². The quantitative estimate of drug-likeness (QED) is 0.862. The summed E-state index contributed by atoms with van der Waals surface area (Å²) in [7, 11) is 1.61. The van der Waals surface area contributed by atoms with E-state index in [-0.39, 0.29) is 24.4 Å². The number of halogens is 2. The first kappa shape index (κ1) is 17.3. The Morgan fingerprint density at radius 2 is 2.25 bits per heavy atom. The number of benzene rings is 1. The number of amides is 1. The van der Waals surface area contributed by atoms with Crippen molar-refractivity contribution in [1.82, 2.24) is 0 Å². The summed E-state index contributed by atoms with van der Waals surface area (Å²) in [5.74, 6) is 1.09. The first-order chi connectivity index (χ1) is 9.10. The number of hydrogen-bond acceptors (Lipinski definition) is 3. The molecule has 1 aromatic carbocycles.